The monoisotopic (exact) mass is 278 g/mol. The molecule has 1 amide bonds. The maximum atomic E-state index is 12.3. The fraction of sp³-hybridized carbons (Fsp3) is 0.176. The average Bonchev–Trinajstić information content (AvgIpc) is 2.68. The summed E-state index contributed by atoms with van der Waals surface area (Å²) in [6.45, 7) is 0.759. The number of hydrogen-bond acceptors (Lipinski definition) is 3. The first-order chi connectivity index (χ1) is 10.3. The van der Waals surface area contributed by atoms with Gasteiger partial charge in [0.25, 0.3) is 0 Å². The van der Waals surface area contributed by atoms with Gasteiger partial charge in [-0.05, 0) is 23.8 Å². The number of carbonyl (C=O) groups excluding carboxylic acids is 1. The molecule has 1 aliphatic heterocycles. The van der Waals surface area contributed by atoms with E-state index in [0.29, 0.717) is 30.9 Å². The highest BCUT2D eigenvalue weighted by atomic mass is 16.5. The predicted octanol–water partition coefficient (Wildman–Crippen LogP) is 2.87. The topological polar surface area (TPSA) is 53.3 Å². The summed E-state index contributed by atoms with van der Waals surface area (Å²) in [5.74, 6) is 0.713. The first-order valence-corrected chi connectivity index (χ1v) is 6.80. The summed E-state index contributed by atoms with van der Waals surface area (Å²) >= 11 is 0. The summed E-state index contributed by atoms with van der Waals surface area (Å²) in [5, 5.41) is 9.19. The Bertz CT molecular complexity index is 719. The summed E-state index contributed by atoms with van der Waals surface area (Å²) in [6, 6.07) is 17.0. The van der Waals surface area contributed by atoms with Crippen molar-refractivity contribution >= 4 is 11.6 Å². The Morgan fingerprint density at radius 2 is 1.90 bits per heavy atom. The van der Waals surface area contributed by atoms with E-state index < -0.39 is 0 Å². The lowest BCUT2D eigenvalue weighted by molar-refractivity contribution is -0.118. The Morgan fingerprint density at radius 1 is 1.14 bits per heavy atom. The van der Waals surface area contributed by atoms with E-state index in [1.165, 1.54) is 0 Å². The molecule has 0 atom stereocenters. The fourth-order valence-corrected chi connectivity index (χ4v) is 2.43. The van der Waals surface area contributed by atoms with Crippen LogP contribution in [0.4, 0.5) is 5.69 Å². The lowest BCUT2D eigenvalue weighted by Crippen LogP contribution is -2.29. The molecule has 0 saturated carbocycles. The standard InChI is InChI=1S/C17H14N2O2/c18-11-13-5-1-2-6-14(13)12-19-15-7-3-4-8-16(15)21-10-9-17(19)20/h1-8H,9-10,12H2. The highest BCUT2D eigenvalue weighted by molar-refractivity contribution is 5.95. The molecule has 3 rings (SSSR count). The third-order valence-electron chi connectivity index (χ3n) is 3.50. The van der Waals surface area contributed by atoms with Crippen LogP contribution in [0, 0.1) is 11.3 Å². The Balaban J connectivity index is 2.00. The highest BCUT2D eigenvalue weighted by Crippen LogP contribution is 2.32. The molecule has 1 aliphatic rings. The quantitative estimate of drug-likeness (QED) is 0.848. The summed E-state index contributed by atoms with van der Waals surface area (Å²) in [5.41, 5.74) is 2.19. The Hall–Kier alpha value is -2.80. The van der Waals surface area contributed by atoms with Crippen LogP contribution in [0.3, 0.4) is 0 Å². The van der Waals surface area contributed by atoms with E-state index in [2.05, 4.69) is 6.07 Å². The SMILES string of the molecule is N#Cc1ccccc1CN1C(=O)CCOc2ccccc21. The lowest BCUT2D eigenvalue weighted by atomic mass is 10.1. The zero-order valence-corrected chi connectivity index (χ0v) is 11.5. The zero-order valence-electron chi connectivity index (χ0n) is 11.5. The van der Waals surface area contributed by atoms with Gasteiger partial charge < -0.3 is 9.64 Å². The lowest BCUT2D eigenvalue weighted by Gasteiger charge is -2.22. The fourth-order valence-electron chi connectivity index (χ4n) is 2.43. The van der Waals surface area contributed by atoms with Gasteiger partial charge in [0.05, 0.1) is 36.9 Å². The molecule has 104 valence electrons. The molecule has 21 heavy (non-hydrogen) atoms. The predicted molar refractivity (Wildman–Crippen MR) is 78.9 cm³/mol. The van der Waals surface area contributed by atoms with Crippen LogP contribution >= 0.6 is 0 Å². The number of carbonyl (C=O) groups is 1. The molecule has 2 aromatic rings. The van der Waals surface area contributed by atoms with E-state index in [0.717, 1.165) is 11.3 Å². The Morgan fingerprint density at radius 3 is 2.76 bits per heavy atom. The molecular weight excluding hydrogens is 264 g/mol. The smallest absolute Gasteiger partial charge is 0.230 e. The molecule has 0 aromatic heterocycles. The number of nitriles is 1. The third kappa shape index (κ3) is 2.59. The summed E-state index contributed by atoms with van der Waals surface area (Å²) in [6.07, 6.45) is 0.337. The van der Waals surface area contributed by atoms with Gasteiger partial charge in [-0.25, -0.2) is 0 Å². The van der Waals surface area contributed by atoms with Crippen molar-refractivity contribution in [1.29, 1.82) is 5.26 Å². The molecule has 0 unspecified atom stereocenters. The normalized spacial score (nSPS) is 13.9. The van der Waals surface area contributed by atoms with Gasteiger partial charge >= 0.3 is 0 Å². The summed E-state index contributed by atoms with van der Waals surface area (Å²) in [4.78, 5) is 14.0. The molecule has 0 aliphatic carbocycles. The zero-order chi connectivity index (χ0) is 14.7. The largest absolute Gasteiger partial charge is 0.491 e. The van der Waals surface area contributed by atoms with Gasteiger partial charge in [-0.1, -0.05) is 30.3 Å². The van der Waals surface area contributed by atoms with Crippen LogP contribution in [0.2, 0.25) is 0 Å². The molecular formula is C17H14N2O2. The van der Waals surface area contributed by atoms with Gasteiger partial charge in [-0.15, -0.1) is 0 Å². The summed E-state index contributed by atoms with van der Waals surface area (Å²) < 4.78 is 5.62. The van der Waals surface area contributed by atoms with E-state index in [1.807, 2.05) is 42.5 Å². The summed E-state index contributed by atoms with van der Waals surface area (Å²) in [7, 11) is 0. The van der Waals surface area contributed by atoms with Crippen LogP contribution in [-0.2, 0) is 11.3 Å². The van der Waals surface area contributed by atoms with Crippen molar-refractivity contribution in [2.45, 2.75) is 13.0 Å². The van der Waals surface area contributed by atoms with Crippen LogP contribution in [0.5, 0.6) is 5.75 Å². The third-order valence-corrected chi connectivity index (χ3v) is 3.50. The van der Waals surface area contributed by atoms with Crippen molar-refractivity contribution in [1.82, 2.24) is 0 Å². The first-order valence-electron chi connectivity index (χ1n) is 6.80. The van der Waals surface area contributed by atoms with Crippen LogP contribution < -0.4 is 9.64 Å². The van der Waals surface area contributed by atoms with E-state index >= 15 is 0 Å². The molecule has 0 radical (unpaired) electrons. The van der Waals surface area contributed by atoms with E-state index in [4.69, 9.17) is 4.74 Å². The van der Waals surface area contributed by atoms with Crippen LogP contribution in [0.1, 0.15) is 17.5 Å². The van der Waals surface area contributed by atoms with Crippen LogP contribution in [0.25, 0.3) is 0 Å². The number of para-hydroxylation sites is 2. The maximum Gasteiger partial charge on any atom is 0.230 e. The van der Waals surface area contributed by atoms with Crippen molar-refractivity contribution in [3.05, 3.63) is 59.7 Å². The van der Waals surface area contributed by atoms with Gasteiger partial charge in [0, 0.05) is 0 Å². The minimum Gasteiger partial charge on any atom is -0.491 e. The number of nitrogens with zero attached hydrogens (tertiary/aromatic N) is 2. The Kier molecular flexibility index (Phi) is 3.57. The molecule has 0 saturated heterocycles. The van der Waals surface area contributed by atoms with Crippen molar-refractivity contribution in [2.24, 2.45) is 0 Å². The second kappa shape index (κ2) is 5.68. The molecule has 0 spiro atoms. The molecule has 0 N–H and O–H groups in total. The average molecular weight is 278 g/mol. The molecule has 1 heterocycles. The number of ether oxygens (including phenoxy) is 1. The van der Waals surface area contributed by atoms with E-state index in [1.54, 1.807) is 11.0 Å². The van der Waals surface area contributed by atoms with Crippen molar-refractivity contribution < 1.29 is 9.53 Å². The molecule has 4 nitrogen and oxygen atoms in total. The first kappa shape index (κ1) is 13.2. The van der Waals surface area contributed by atoms with Gasteiger partial charge in [0.1, 0.15) is 5.75 Å². The maximum absolute atomic E-state index is 12.3. The number of benzene rings is 2. The van der Waals surface area contributed by atoms with Crippen molar-refractivity contribution in [3.63, 3.8) is 0 Å². The minimum absolute atomic E-state index is 0.00712. The van der Waals surface area contributed by atoms with Crippen molar-refractivity contribution in [3.8, 4) is 11.8 Å². The molecule has 2 aromatic carbocycles. The van der Waals surface area contributed by atoms with Gasteiger partial charge in [-0.3, -0.25) is 4.79 Å². The molecule has 0 bridgehead atoms. The number of rotatable bonds is 2. The molecule has 0 fully saturated rings. The van der Waals surface area contributed by atoms with Gasteiger partial charge in [0.15, 0.2) is 0 Å². The number of amides is 1. The van der Waals surface area contributed by atoms with Crippen LogP contribution in [-0.4, -0.2) is 12.5 Å². The Labute approximate surface area is 123 Å². The van der Waals surface area contributed by atoms with Crippen LogP contribution in [0.15, 0.2) is 48.5 Å². The molecule has 4 heteroatoms. The number of anilines is 1. The van der Waals surface area contributed by atoms with Crippen molar-refractivity contribution in [2.75, 3.05) is 11.5 Å². The van der Waals surface area contributed by atoms with E-state index in [-0.39, 0.29) is 5.91 Å². The van der Waals surface area contributed by atoms with E-state index in [9.17, 15) is 10.1 Å². The van der Waals surface area contributed by atoms with Gasteiger partial charge in [0.2, 0.25) is 5.91 Å². The second-order valence-corrected chi connectivity index (χ2v) is 4.82. The number of hydrogen-bond donors (Lipinski definition) is 0. The highest BCUT2D eigenvalue weighted by Gasteiger charge is 2.23. The second-order valence-electron chi connectivity index (χ2n) is 4.82. The number of fused-ring (bicyclic) bond motifs is 1. The van der Waals surface area contributed by atoms with Gasteiger partial charge in [-0.2, -0.15) is 5.26 Å². The minimum atomic E-state index is 0.00712.